The summed E-state index contributed by atoms with van der Waals surface area (Å²) < 4.78 is 0.550. The van der Waals surface area contributed by atoms with Crippen molar-refractivity contribution < 1.29 is 39.3 Å². The molecule has 8 nitrogen and oxygen atoms in total. The first kappa shape index (κ1) is 21.6. The van der Waals surface area contributed by atoms with Crippen LogP contribution in [-0.2, 0) is 14.4 Å². The Kier molecular flexibility index (Phi) is 11.4. The maximum absolute atomic E-state index is 10.0. The van der Waals surface area contributed by atoms with Gasteiger partial charge in [-0.25, -0.2) is 0 Å². The van der Waals surface area contributed by atoms with Gasteiger partial charge < -0.3 is 29.7 Å². The minimum atomic E-state index is -1.20. The zero-order valence-corrected chi connectivity index (χ0v) is 12.7. The quantitative estimate of drug-likeness (QED) is 0.364. The smallest absolute Gasteiger partial charge is 0.303 e. The van der Waals surface area contributed by atoms with Crippen LogP contribution in [0.1, 0.15) is 32.1 Å². The number of aliphatic hydroxyl groups is 1. The number of nitrogens with zero attached hydrogens (tertiary/aromatic N) is 1. The van der Waals surface area contributed by atoms with Crippen LogP contribution in [0.15, 0.2) is 0 Å². The maximum Gasteiger partial charge on any atom is 0.303 e. The molecule has 0 aliphatic carbocycles. The van der Waals surface area contributed by atoms with Gasteiger partial charge in [-0.05, 0) is 12.8 Å². The van der Waals surface area contributed by atoms with Gasteiger partial charge >= 0.3 is 11.9 Å². The Labute approximate surface area is 124 Å². The van der Waals surface area contributed by atoms with Crippen molar-refractivity contribution in [3.63, 3.8) is 0 Å². The lowest BCUT2D eigenvalue weighted by atomic mass is 10.2. The number of hydrogen-bond donors (Lipinski definition) is 3. The molecule has 0 aromatic carbocycles. The van der Waals surface area contributed by atoms with Gasteiger partial charge in [-0.15, -0.1) is 0 Å². The van der Waals surface area contributed by atoms with Gasteiger partial charge in [-0.2, -0.15) is 0 Å². The van der Waals surface area contributed by atoms with E-state index in [2.05, 4.69) is 0 Å². The zero-order chi connectivity index (χ0) is 17.1. The summed E-state index contributed by atoms with van der Waals surface area (Å²) in [5.41, 5.74) is 0. The predicted molar refractivity (Wildman–Crippen MR) is 72.3 cm³/mol. The number of carboxylic acid groups (broad SMARTS) is 3. The van der Waals surface area contributed by atoms with E-state index in [1.165, 1.54) is 0 Å². The van der Waals surface area contributed by atoms with Crippen molar-refractivity contribution in [3.8, 4) is 0 Å². The van der Waals surface area contributed by atoms with E-state index in [9.17, 15) is 19.5 Å². The molecular weight excluding hydrogens is 282 g/mol. The predicted octanol–water partition coefficient (Wildman–Crippen LogP) is -1.09. The SMILES string of the molecule is C[N+](C)(C)CC(O)CC(=O)[O-].O=C(O)CCCCC(=O)O. The minimum Gasteiger partial charge on any atom is -0.550 e. The van der Waals surface area contributed by atoms with E-state index in [-0.39, 0.29) is 19.3 Å². The highest BCUT2D eigenvalue weighted by atomic mass is 16.4. The summed E-state index contributed by atoms with van der Waals surface area (Å²) in [7, 11) is 5.66. The number of quaternary nitrogens is 1. The van der Waals surface area contributed by atoms with Crippen LogP contribution in [-0.4, -0.2) is 71.5 Å². The third kappa shape index (κ3) is 23.8. The molecule has 0 saturated heterocycles. The number of carboxylic acids is 3. The van der Waals surface area contributed by atoms with Gasteiger partial charge in [0.2, 0.25) is 0 Å². The van der Waals surface area contributed by atoms with Crippen molar-refractivity contribution in [1.29, 1.82) is 0 Å². The summed E-state index contributed by atoms with van der Waals surface area (Å²) in [6, 6.07) is 0. The van der Waals surface area contributed by atoms with Crippen LogP contribution in [0.2, 0.25) is 0 Å². The number of hydrogen-bond acceptors (Lipinski definition) is 5. The van der Waals surface area contributed by atoms with Gasteiger partial charge in [0.05, 0.1) is 21.1 Å². The topological polar surface area (TPSA) is 135 Å². The van der Waals surface area contributed by atoms with Crippen molar-refractivity contribution in [3.05, 3.63) is 0 Å². The minimum absolute atomic E-state index is 0.0628. The summed E-state index contributed by atoms with van der Waals surface area (Å²) in [5, 5.41) is 35.4. The molecule has 0 fully saturated rings. The van der Waals surface area contributed by atoms with E-state index < -0.39 is 24.0 Å². The van der Waals surface area contributed by atoms with E-state index >= 15 is 0 Å². The fourth-order valence-corrected chi connectivity index (χ4v) is 1.44. The highest BCUT2D eigenvalue weighted by molar-refractivity contribution is 5.67. The monoisotopic (exact) mass is 307 g/mol. The Hall–Kier alpha value is -1.67. The lowest BCUT2D eigenvalue weighted by Crippen LogP contribution is -2.43. The van der Waals surface area contributed by atoms with Crippen LogP contribution >= 0.6 is 0 Å². The van der Waals surface area contributed by atoms with Gasteiger partial charge in [0.15, 0.2) is 0 Å². The Morgan fingerprint density at radius 1 is 1.00 bits per heavy atom. The van der Waals surface area contributed by atoms with Crippen molar-refractivity contribution >= 4 is 17.9 Å². The molecule has 0 bridgehead atoms. The van der Waals surface area contributed by atoms with Gasteiger partial charge in [-0.1, -0.05) is 0 Å². The van der Waals surface area contributed by atoms with E-state index in [0.29, 0.717) is 23.9 Å². The molecular formula is C13H25NO7. The lowest BCUT2D eigenvalue weighted by Gasteiger charge is -2.26. The molecule has 8 heteroatoms. The second kappa shape index (κ2) is 11.0. The van der Waals surface area contributed by atoms with Gasteiger partial charge in [0.1, 0.15) is 12.6 Å². The van der Waals surface area contributed by atoms with Gasteiger partial charge in [0.25, 0.3) is 0 Å². The molecule has 3 N–H and O–H groups in total. The standard InChI is InChI=1S/C7H15NO3.C6H10O4/c1-8(2,3)5-6(9)4-7(10)11;7-5(8)3-1-2-4-6(9)10/h6,9H,4-5H2,1-3H3;1-4H2,(H,7,8)(H,9,10). The van der Waals surface area contributed by atoms with Crippen LogP contribution in [0.4, 0.5) is 0 Å². The molecule has 0 amide bonds. The average molecular weight is 307 g/mol. The van der Waals surface area contributed by atoms with E-state index in [1.54, 1.807) is 0 Å². The molecule has 0 aromatic heterocycles. The first-order valence-electron chi connectivity index (χ1n) is 6.56. The number of carbonyl (C=O) groups is 3. The Balaban J connectivity index is 0. The fraction of sp³-hybridized carbons (Fsp3) is 0.769. The molecule has 0 aliphatic rings. The summed E-state index contributed by atoms with van der Waals surface area (Å²) in [6.07, 6.45) is -0.0701. The molecule has 0 aromatic rings. The molecule has 0 aliphatic heterocycles. The summed E-state index contributed by atoms with van der Waals surface area (Å²) in [6.45, 7) is 0.425. The lowest BCUT2D eigenvalue weighted by molar-refractivity contribution is -0.873. The van der Waals surface area contributed by atoms with E-state index in [4.69, 9.17) is 15.3 Å². The van der Waals surface area contributed by atoms with Crippen molar-refractivity contribution in [1.82, 2.24) is 0 Å². The van der Waals surface area contributed by atoms with Crippen molar-refractivity contribution in [2.75, 3.05) is 27.7 Å². The Morgan fingerprint density at radius 2 is 1.38 bits per heavy atom. The highest BCUT2D eigenvalue weighted by Gasteiger charge is 2.14. The molecule has 21 heavy (non-hydrogen) atoms. The molecule has 0 radical (unpaired) electrons. The summed E-state index contributed by atoms with van der Waals surface area (Å²) >= 11 is 0. The largest absolute Gasteiger partial charge is 0.550 e. The molecule has 0 rings (SSSR count). The van der Waals surface area contributed by atoms with Gasteiger partial charge in [0, 0.05) is 25.2 Å². The van der Waals surface area contributed by atoms with Crippen LogP contribution in [0.5, 0.6) is 0 Å². The average Bonchev–Trinajstić information content (AvgIpc) is 2.20. The Morgan fingerprint density at radius 3 is 1.62 bits per heavy atom. The number of rotatable bonds is 9. The maximum atomic E-state index is 10.0. The molecule has 0 spiro atoms. The van der Waals surface area contributed by atoms with Crippen LogP contribution < -0.4 is 5.11 Å². The van der Waals surface area contributed by atoms with Crippen LogP contribution in [0.25, 0.3) is 0 Å². The second-order valence-electron chi connectivity index (χ2n) is 5.70. The molecule has 1 unspecified atom stereocenters. The molecule has 124 valence electrons. The molecule has 1 atom stereocenters. The Bertz CT molecular complexity index is 320. The first-order chi connectivity index (χ1) is 9.44. The third-order valence-electron chi connectivity index (χ3n) is 2.19. The van der Waals surface area contributed by atoms with Gasteiger partial charge in [-0.3, -0.25) is 9.59 Å². The molecule has 0 saturated carbocycles. The zero-order valence-electron chi connectivity index (χ0n) is 12.7. The van der Waals surface area contributed by atoms with E-state index in [0.717, 1.165) is 0 Å². The number of unbranched alkanes of at least 4 members (excludes halogenated alkanes) is 1. The second-order valence-corrected chi connectivity index (χ2v) is 5.70. The summed E-state index contributed by atoms with van der Waals surface area (Å²) in [4.78, 5) is 29.8. The third-order valence-corrected chi connectivity index (χ3v) is 2.19. The van der Waals surface area contributed by atoms with Crippen molar-refractivity contribution in [2.45, 2.75) is 38.2 Å². The van der Waals surface area contributed by atoms with E-state index in [1.807, 2.05) is 21.1 Å². The summed E-state index contributed by atoms with van der Waals surface area (Å²) in [5.74, 6) is -2.94. The molecule has 0 heterocycles. The normalized spacial score (nSPS) is 12.0. The van der Waals surface area contributed by atoms with Crippen molar-refractivity contribution in [2.24, 2.45) is 0 Å². The number of aliphatic hydroxyl groups excluding tert-OH is 1. The first-order valence-corrected chi connectivity index (χ1v) is 6.56. The van der Waals surface area contributed by atoms with Crippen LogP contribution in [0, 0.1) is 0 Å². The highest BCUT2D eigenvalue weighted by Crippen LogP contribution is 1.99. The number of carbonyl (C=O) groups excluding carboxylic acids is 1. The fourth-order valence-electron chi connectivity index (χ4n) is 1.44. The number of likely N-dealkylation sites (N-methyl/N-ethyl adjacent to an activating group) is 1. The number of aliphatic carboxylic acids is 3. The van der Waals surface area contributed by atoms with Crippen LogP contribution in [0.3, 0.4) is 0 Å².